The van der Waals surface area contributed by atoms with Gasteiger partial charge in [0.15, 0.2) is 5.82 Å². The summed E-state index contributed by atoms with van der Waals surface area (Å²) in [5.41, 5.74) is 5.41. The molecule has 0 bridgehead atoms. The molecule has 0 aliphatic heterocycles. The molecule has 0 fully saturated rings. The molecule has 17 heavy (non-hydrogen) atoms. The molecule has 1 atom stereocenters. The van der Waals surface area contributed by atoms with E-state index in [-0.39, 0.29) is 11.5 Å². The van der Waals surface area contributed by atoms with Crippen LogP contribution in [0.25, 0.3) is 0 Å². The van der Waals surface area contributed by atoms with Crippen molar-refractivity contribution in [3.8, 4) is 0 Å². The Labute approximate surface area is 99.0 Å². The van der Waals surface area contributed by atoms with Crippen LogP contribution in [-0.4, -0.2) is 11.9 Å². The maximum Gasteiger partial charge on any atom is 0.241 e. The number of hydrogen-bond donors (Lipinski definition) is 2. The van der Waals surface area contributed by atoms with Crippen LogP contribution >= 0.6 is 0 Å². The first-order valence-corrected chi connectivity index (χ1v) is 5.35. The number of hydrogen-bond acceptors (Lipinski definition) is 2. The van der Waals surface area contributed by atoms with Crippen LogP contribution in [-0.2, 0) is 4.79 Å². The summed E-state index contributed by atoms with van der Waals surface area (Å²) < 4.78 is 27.0. The number of amides is 1. The highest BCUT2D eigenvalue weighted by Gasteiger charge is 2.20. The first-order valence-electron chi connectivity index (χ1n) is 5.35. The highest BCUT2D eigenvalue weighted by molar-refractivity contribution is 5.95. The number of anilines is 1. The summed E-state index contributed by atoms with van der Waals surface area (Å²) in [5, 5.41) is 2.19. The molecule has 0 spiro atoms. The molecule has 1 rings (SSSR count). The Kier molecular flexibility index (Phi) is 4.17. The zero-order chi connectivity index (χ0) is 13.2. The predicted molar refractivity (Wildman–Crippen MR) is 62.5 cm³/mol. The van der Waals surface area contributed by atoms with E-state index in [4.69, 9.17) is 5.73 Å². The summed E-state index contributed by atoms with van der Waals surface area (Å²) in [7, 11) is 0. The number of nitrogens with two attached hydrogens (primary N) is 1. The van der Waals surface area contributed by atoms with Gasteiger partial charge in [0.2, 0.25) is 5.91 Å². The standard InChI is InChI=1S/C12H16F2N2O/c1-6(2)10(15)12(17)16-11-8(13)5-4-7(3)9(11)14/h4-6,10H,15H2,1-3H3,(H,16,17). The normalized spacial score (nSPS) is 12.6. The second-order valence-electron chi connectivity index (χ2n) is 4.31. The van der Waals surface area contributed by atoms with E-state index in [0.29, 0.717) is 0 Å². The van der Waals surface area contributed by atoms with Crippen LogP contribution in [0.1, 0.15) is 19.4 Å². The lowest BCUT2D eigenvalue weighted by molar-refractivity contribution is -0.118. The van der Waals surface area contributed by atoms with E-state index in [9.17, 15) is 13.6 Å². The van der Waals surface area contributed by atoms with Crippen molar-refractivity contribution in [1.29, 1.82) is 0 Å². The van der Waals surface area contributed by atoms with Crippen molar-refractivity contribution in [1.82, 2.24) is 0 Å². The van der Waals surface area contributed by atoms with Gasteiger partial charge in [-0.15, -0.1) is 0 Å². The van der Waals surface area contributed by atoms with Gasteiger partial charge in [-0.3, -0.25) is 4.79 Å². The fourth-order valence-electron chi connectivity index (χ4n) is 1.28. The Bertz CT molecular complexity index is 433. The zero-order valence-electron chi connectivity index (χ0n) is 10.1. The monoisotopic (exact) mass is 242 g/mol. The van der Waals surface area contributed by atoms with Gasteiger partial charge in [-0.1, -0.05) is 19.9 Å². The Morgan fingerprint density at radius 2 is 1.94 bits per heavy atom. The van der Waals surface area contributed by atoms with Crippen LogP contribution in [0.15, 0.2) is 12.1 Å². The average Bonchev–Trinajstić information content (AvgIpc) is 2.28. The molecule has 5 heteroatoms. The van der Waals surface area contributed by atoms with Crippen molar-refractivity contribution >= 4 is 11.6 Å². The molecule has 3 nitrogen and oxygen atoms in total. The molecule has 1 aromatic rings. The second-order valence-corrected chi connectivity index (χ2v) is 4.31. The van der Waals surface area contributed by atoms with Crippen LogP contribution in [0.5, 0.6) is 0 Å². The Morgan fingerprint density at radius 1 is 1.35 bits per heavy atom. The number of rotatable bonds is 3. The lowest BCUT2D eigenvalue weighted by Gasteiger charge is -2.16. The molecule has 0 saturated carbocycles. The maximum absolute atomic E-state index is 13.6. The third kappa shape index (κ3) is 3.00. The molecule has 0 aliphatic rings. The van der Waals surface area contributed by atoms with Gasteiger partial charge in [0.25, 0.3) is 0 Å². The van der Waals surface area contributed by atoms with Gasteiger partial charge in [0.1, 0.15) is 11.5 Å². The molecule has 1 unspecified atom stereocenters. The first kappa shape index (κ1) is 13.6. The number of aryl methyl sites for hydroxylation is 1. The number of carbonyl (C=O) groups is 1. The summed E-state index contributed by atoms with van der Waals surface area (Å²) in [5.74, 6) is -2.28. The molecule has 94 valence electrons. The van der Waals surface area contributed by atoms with Gasteiger partial charge in [-0.25, -0.2) is 8.78 Å². The fourth-order valence-corrected chi connectivity index (χ4v) is 1.28. The van der Waals surface area contributed by atoms with Gasteiger partial charge in [0.05, 0.1) is 6.04 Å². The second kappa shape index (κ2) is 5.23. The smallest absolute Gasteiger partial charge is 0.241 e. The Balaban J connectivity index is 2.96. The highest BCUT2D eigenvalue weighted by Crippen LogP contribution is 2.21. The molecule has 0 aliphatic carbocycles. The van der Waals surface area contributed by atoms with E-state index in [1.54, 1.807) is 13.8 Å². The molecule has 1 amide bonds. The minimum Gasteiger partial charge on any atom is -0.320 e. The number of halogens is 2. The maximum atomic E-state index is 13.6. The van der Waals surface area contributed by atoms with Crippen molar-refractivity contribution in [2.24, 2.45) is 11.7 Å². The summed E-state index contributed by atoms with van der Waals surface area (Å²) in [6.07, 6.45) is 0. The Morgan fingerprint density at radius 3 is 2.47 bits per heavy atom. The first-order chi connectivity index (χ1) is 7.84. The molecule has 0 heterocycles. The van der Waals surface area contributed by atoms with Gasteiger partial charge in [0, 0.05) is 0 Å². The van der Waals surface area contributed by atoms with Crippen molar-refractivity contribution in [3.63, 3.8) is 0 Å². The molecule has 0 aromatic heterocycles. The molecule has 3 N–H and O–H groups in total. The Hall–Kier alpha value is -1.49. The van der Waals surface area contributed by atoms with E-state index in [1.165, 1.54) is 13.0 Å². The van der Waals surface area contributed by atoms with Crippen LogP contribution in [0.2, 0.25) is 0 Å². The summed E-state index contributed by atoms with van der Waals surface area (Å²) >= 11 is 0. The molecular weight excluding hydrogens is 226 g/mol. The molecule has 0 saturated heterocycles. The molecular formula is C12H16F2N2O. The third-order valence-electron chi connectivity index (χ3n) is 2.55. The molecule has 1 aromatic carbocycles. The lowest BCUT2D eigenvalue weighted by atomic mass is 10.0. The van der Waals surface area contributed by atoms with E-state index in [2.05, 4.69) is 5.32 Å². The quantitative estimate of drug-likeness (QED) is 0.853. The van der Waals surface area contributed by atoms with E-state index in [0.717, 1.165) is 6.07 Å². The predicted octanol–water partition coefficient (Wildman–Crippen LogP) is 2.20. The molecule has 0 radical (unpaired) electrons. The zero-order valence-corrected chi connectivity index (χ0v) is 10.1. The number of nitrogens with one attached hydrogen (secondary N) is 1. The van der Waals surface area contributed by atoms with Crippen LogP contribution in [0.3, 0.4) is 0 Å². The third-order valence-corrected chi connectivity index (χ3v) is 2.55. The average molecular weight is 242 g/mol. The van der Waals surface area contributed by atoms with Gasteiger partial charge >= 0.3 is 0 Å². The van der Waals surface area contributed by atoms with Gasteiger partial charge in [-0.05, 0) is 24.5 Å². The number of carbonyl (C=O) groups excluding carboxylic acids is 1. The largest absolute Gasteiger partial charge is 0.320 e. The fraction of sp³-hybridized carbons (Fsp3) is 0.417. The van der Waals surface area contributed by atoms with Crippen molar-refractivity contribution in [2.75, 3.05) is 5.32 Å². The number of benzene rings is 1. The van der Waals surface area contributed by atoms with Crippen molar-refractivity contribution in [2.45, 2.75) is 26.8 Å². The van der Waals surface area contributed by atoms with Gasteiger partial charge < -0.3 is 11.1 Å². The summed E-state index contributed by atoms with van der Waals surface area (Å²) in [6.45, 7) is 5.01. The summed E-state index contributed by atoms with van der Waals surface area (Å²) in [6, 6.07) is 1.62. The highest BCUT2D eigenvalue weighted by atomic mass is 19.1. The SMILES string of the molecule is Cc1ccc(F)c(NC(=O)C(N)C(C)C)c1F. The van der Waals surface area contributed by atoms with E-state index < -0.39 is 29.3 Å². The van der Waals surface area contributed by atoms with Crippen LogP contribution < -0.4 is 11.1 Å². The topological polar surface area (TPSA) is 55.1 Å². The lowest BCUT2D eigenvalue weighted by Crippen LogP contribution is -2.40. The van der Waals surface area contributed by atoms with Crippen LogP contribution in [0, 0.1) is 24.5 Å². The van der Waals surface area contributed by atoms with Crippen molar-refractivity contribution in [3.05, 3.63) is 29.3 Å². The van der Waals surface area contributed by atoms with E-state index >= 15 is 0 Å². The van der Waals surface area contributed by atoms with Gasteiger partial charge in [-0.2, -0.15) is 0 Å². The summed E-state index contributed by atoms with van der Waals surface area (Å²) in [4.78, 5) is 11.6. The van der Waals surface area contributed by atoms with Crippen LogP contribution in [0.4, 0.5) is 14.5 Å². The van der Waals surface area contributed by atoms with Crippen molar-refractivity contribution < 1.29 is 13.6 Å². The minimum atomic E-state index is -0.808. The van der Waals surface area contributed by atoms with E-state index in [1.807, 2.05) is 0 Å². The minimum absolute atomic E-state index is 0.106.